The normalized spacial score (nSPS) is 28.1. The first-order valence-corrected chi connectivity index (χ1v) is 5.51. The Morgan fingerprint density at radius 2 is 2.21 bits per heavy atom. The fraction of sp³-hybridized carbons (Fsp3) is 0.900. The fourth-order valence-corrected chi connectivity index (χ4v) is 2.12. The van der Waals surface area contributed by atoms with E-state index in [1.807, 2.05) is 0 Å². The Morgan fingerprint density at radius 1 is 1.43 bits per heavy atom. The van der Waals surface area contributed by atoms with E-state index in [1.165, 1.54) is 25.8 Å². The third-order valence-electron chi connectivity index (χ3n) is 3.09. The second-order valence-electron chi connectivity index (χ2n) is 4.38. The number of nitrogens with two attached hydrogens (primary N) is 1. The van der Waals surface area contributed by atoms with Crippen LogP contribution in [-0.4, -0.2) is 42.5 Å². The minimum Gasteiger partial charge on any atom is -0.370 e. The van der Waals surface area contributed by atoms with Crippen LogP contribution in [0.4, 0.5) is 0 Å². The highest BCUT2D eigenvalue weighted by Crippen LogP contribution is 2.29. The number of nitrogens with one attached hydrogen (secondary N) is 1. The van der Waals surface area contributed by atoms with Gasteiger partial charge in [-0.2, -0.15) is 0 Å². The van der Waals surface area contributed by atoms with Crippen LogP contribution in [0.1, 0.15) is 25.7 Å². The van der Waals surface area contributed by atoms with Crippen molar-refractivity contribution in [2.75, 3.05) is 19.6 Å². The van der Waals surface area contributed by atoms with E-state index < -0.39 is 0 Å². The predicted molar refractivity (Wildman–Crippen MR) is 54.8 cm³/mol. The van der Waals surface area contributed by atoms with Gasteiger partial charge in [-0.05, 0) is 19.3 Å². The smallest absolute Gasteiger partial charge is 0.218 e. The molecule has 1 aliphatic heterocycles. The summed E-state index contributed by atoms with van der Waals surface area (Å²) in [4.78, 5) is 13.1. The maximum atomic E-state index is 10.5. The van der Waals surface area contributed by atoms with Gasteiger partial charge in [0.05, 0.1) is 0 Å². The van der Waals surface area contributed by atoms with Gasteiger partial charge in [0.2, 0.25) is 5.91 Å². The average Bonchev–Trinajstić information content (AvgIpc) is 2.87. The highest BCUT2D eigenvalue weighted by atomic mass is 16.1. The van der Waals surface area contributed by atoms with Gasteiger partial charge in [0.1, 0.15) is 0 Å². The van der Waals surface area contributed by atoms with Crippen LogP contribution in [0.15, 0.2) is 0 Å². The molecule has 1 saturated carbocycles. The van der Waals surface area contributed by atoms with E-state index in [9.17, 15) is 4.79 Å². The van der Waals surface area contributed by atoms with Gasteiger partial charge in [-0.1, -0.05) is 0 Å². The van der Waals surface area contributed by atoms with Crippen LogP contribution >= 0.6 is 0 Å². The molecule has 1 saturated heterocycles. The predicted octanol–water partition coefficient (Wildman–Crippen LogP) is -0.312. The van der Waals surface area contributed by atoms with Crippen molar-refractivity contribution in [2.45, 2.75) is 37.8 Å². The van der Waals surface area contributed by atoms with Crippen molar-refractivity contribution in [1.82, 2.24) is 10.2 Å². The largest absolute Gasteiger partial charge is 0.370 e. The van der Waals surface area contributed by atoms with E-state index in [2.05, 4.69) is 10.2 Å². The fourth-order valence-electron chi connectivity index (χ4n) is 2.12. The van der Waals surface area contributed by atoms with Gasteiger partial charge in [0, 0.05) is 38.1 Å². The molecule has 1 heterocycles. The Hall–Kier alpha value is -0.610. The molecular weight excluding hydrogens is 178 g/mol. The number of rotatable bonds is 5. The molecule has 1 unspecified atom stereocenters. The first-order chi connectivity index (χ1) is 6.75. The number of carbonyl (C=O) groups excluding carboxylic acids is 1. The average molecular weight is 197 g/mol. The van der Waals surface area contributed by atoms with Crippen molar-refractivity contribution in [3.05, 3.63) is 0 Å². The molecule has 4 heteroatoms. The van der Waals surface area contributed by atoms with E-state index in [4.69, 9.17) is 5.73 Å². The minimum absolute atomic E-state index is 0.213. The van der Waals surface area contributed by atoms with Crippen LogP contribution in [0.2, 0.25) is 0 Å². The molecule has 1 aliphatic carbocycles. The van der Waals surface area contributed by atoms with Crippen LogP contribution < -0.4 is 11.1 Å². The van der Waals surface area contributed by atoms with Crippen LogP contribution in [0.25, 0.3) is 0 Å². The first-order valence-electron chi connectivity index (χ1n) is 5.51. The molecular formula is C10H19N3O. The molecule has 0 aromatic rings. The summed E-state index contributed by atoms with van der Waals surface area (Å²) in [5, 5.41) is 3.38. The number of hydrogen-bond acceptors (Lipinski definition) is 3. The van der Waals surface area contributed by atoms with E-state index in [0.717, 1.165) is 19.1 Å². The molecule has 1 amide bonds. The summed E-state index contributed by atoms with van der Waals surface area (Å²) < 4.78 is 0. The molecule has 80 valence electrons. The summed E-state index contributed by atoms with van der Waals surface area (Å²) in [6.07, 6.45) is 4.44. The van der Waals surface area contributed by atoms with Crippen molar-refractivity contribution in [3.8, 4) is 0 Å². The maximum absolute atomic E-state index is 10.5. The second-order valence-corrected chi connectivity index (χ2v) is 4.38. The maximum Gasteiger partial charge on any atom is 0.218 e. The summed E-state index contributed by atoms with van der Waals surface area (Å²) in [5.74, 6) is -0.213. The van der Waals surface area contributed by atoms with Gasteiger partial charge in [-0.15, -0.1) is 0 Å². The van der Waals surface area contributed by atoms with E-state index >= 15 is 0 Å². The summed E-state index contributed by atoms with van der Waals surface area (Å²) in [7, 11) is 0. The molecule has 2 fully saturated rings. The van der Waals surface area contributed by atoms with E-state index in [-0.39, 0.29) is 5.91 Å². The Balaban J connectivity index is 1.60. The Labute approximate surface area is 84.8 Å². The molecule has 0 bridgehead atoms. The quantitative estimate of drug-likeness (QED) is 0.635. The van der Waals surface area contributed by atoms with Crippen molar-refractivity contribution in [2.24, 2.45) is 5.73 Å². The lowest BCUT2D eigenvalue weighted by atomic mass is 10.2. The lowest BCUT2D eigenvalue weighted by Gasteiger charge is -2.15. The molecule has 0 aromatic heterocycles. The zero-order chi connectivity index (χ0) is 9.97. The zero-order valence-corrected chi connectivity index (χ0v) is 8.54. The topological polar surface area (TPSA) is 58.4 Å². The van der Waals surface area contributed by atoms with Crippen molar-refractivity contribution in [3.63, 3.8) is 0 Å². The molecule has 0 spiro atoms. The summed E-state index contributed by atoms with van der Waals surface area (Å²) in [6.45, 7) is 3.11. The van der Waals surface area contributed by atoms with E-state index in [0.29, 0.717) is 12.5 Å². The lowest BCUT2D eigenvalue weighted by molar-refractivity contribution is -0.117. The van der Waals surface area contributed by atoms with Gasteiger partial charge >= 0.3 is 0 Å². The number of primary amides is 1. The number of likely N-dealkylation sites (tertiary alicyclic amines) is 1. The third-order valence-corrected chi connectivity index (χ3v) is 3.09. The van der Waals surface area contributed by atoms with Crippen molar-refractivity contribution >= 4 is 5.91 Å². The van der Waals surface area contributed by atoms with Gasteiger partial charge in [0.25, 0.3) is 0 Å². The Morgan fingerprint density at radius 3 is 2.86 bits per heavy atom. The number of amides is 1. The van der Waals surface area contributed by atoms with Crippen LogP contribution in [0.5, 0.6) is 0 Å². The van der Waals surface area contributed by atoms with E-state index in [1.54, 1.807) is 0 Å². The van der Waals surface area contributed by atoms with Crippen LogP contribution in [-0.2, 0) is 4.79 Å². The molecule has 4 nitrogen and oxygen atoms in total. The Kier molecular flexibility index (Phi) is 3.03. The first kappa shape index (κ1) is 9.93. The molecule has 0 aromatic carbocycles. The summed E-state index contributed by atoms with van der Waals surface area (Å²) in [5.41, 5.74) is 5.07. The Bertz CT molecular complexity index is 215. The molecule has 0 radical (unpaired) electrons. The zero-order valence-electron chi connectivity index (χ0n) is 8.54. The molecule has 3 N–H and O–H groups in total. The third kappa shape index (κ3) is 2.69. The van der Waals surface area contributed by atoms with Gasteiger partial charge in [0.15, 0.2) is 0 Å². The van der Waals surface area contributed by atoms with Crippen LogP contribution in [0.3, 0.4) is 0 Å². The minimum atomic E-state index is -0.213. The highest BCUT2D eigenvalue weighted by Gasteiger charge is 2.33. The van der Waals surface area contributed by atoms with Crippen LogP contribution in [0, 0.1) is 0 Å². The standard InChI is InChI=1S/C10H19N3O/c11-10(14)3-5-12-8-4-6-13(7-8)9-1-2-9/h8-9,12H,1-7H2,(H2,11,14). The van der Waals surface area contributed by atoms with Gasteiger partial charge in [-0.25, -0.2) is 0 Å². The SMILES string of the molecule is NC(=O)CCNC1CCN(C2CC2)C1. The van der Waals surface area contributed by atoms with Crippen molar-refractivity contribution < 1.29 is 4.79 Å². The highest BCUT2D eigenvalue weighted by molar-refractivity contribution is 5.73. The lowest BCUT2D eigenvalue weighted by Crippen LogP contribution is -2.35. The number of hydrogen-bond donors (Lipinski definition) is 2. The molecule has 1 atom stereocenters. The summed E-state index contributed by atoms with van der Waals surface area (Å²) in [6, 6.07) is 1.45. The number of nitrogens with zero attached hydrogens (tertiary/aromatic N) is 1. The van der Waals surface area contributed by atoms with Gasteiger partial charge in [-0.3, -0.25) is 9.69 Å². The number of carbonyl (C=O) groups is 1. The summed E-state index contributed by atoms with van der Waals surface area (Å²) >= 11 is 0. The molecule has 2 aliphatic rings. The second kappa shape index (κ2) is 4.28. The molecule has 2 rings (SSSR count). The molecule has 14 heavy (non-hydrogen) atoms. The monoisotopic (exact) mass is 197 g/mol. The van der Waals surface area contributed by atoms with Gasteiger partial charge < -0.3 is 11.1 Å². The van der Waals surface area contributed by atoms with Crippen molar-refractivity contribution in [1.29, 1.82) is 0 Å².